The molecule has 4 nitrogen and oxygen atoms in total. The molecular weight excluding hydrogens is 228 g/mol. The predicted molar refractivity (Wildman–Crippen MR) is 61.7 cm³/mol. The molecule has 0 saturated carbocycles. The number of fused-ring (bicyclic) bond motifs is 1. The fraction of sp³-hybridized carbons (Fsp3) is 0.273. The van der Waals surface area contributed by atoms with Crippen LogP contribution in [0, 0.1) is 0 Å². The molecule has 0 aliphatic rings. The molecule has 0 aliphatic heterocycles. The van der Waals surface area contributed by atoms with E-state index in [1.165, 1.54) is 0 Å². The molecule has 2 aromatic rings. The molecule has 0 fully saturated rings. The minimum atomic E-state index is -0.771. The summed E-state index contributed by atoms with van der Waals surface area (Å²) in [5.41, 5.74) is 1.86. The van der Waals surface area contributed by atoms with Gasteiger partial charge in [0.05, 0.1) is 5.52 Å². The van der Waals surface area contributed by atoms with Crippen molar-refractivity contribution in [2.45, 2.75) is 19.3 Å². The van der Waals surface area contributed by atoms with Gasteiger partial charge in [-0.25, -0.2) is 0 Å². The molecule has 16 heavy (non-hydrogen) atoms. The summed E-state index contributed by atoms with van der Waals surface area (Å²) in [5, 5.41) is 16.8. The lowest BCUT2D eigenvalue weighted by atomic mass is 10.1. The second-order valence-electron chi connectivity index (χ2n) is 3.60. The molecule has 1 heterocycles. The standard InChI is InChI=1S/C11H11ClN2O2/c12-11-8-5-1-3-7(10(8)13-14-11)4-2-6-9(15)16/h1,3,5H,2,4,6H2,(H,13,14)(H,15,16). The van der Waals surface area contributed by atoms with E-state index >= 15 is 0 Å². The zero-order valence-electron chi connectivity index (χ0n) is 8.53. The first kappa shape index (κ1) is 11.0. The molecule has 2 N–H and O–H groups in total. The number of aryl methyl sites for hydroxylation is 1. The number of hydrogen-bond donors (Lipinski definition) is 2. The first-order valence-electron chi connectivity index (χ1n) is 5.02. The van der Waals surface area contributed by atoms with Gasteiger partial charge in [0.15, 0.2) is 0 Å². The SMILES string of the molecule is O=C(O)CCCc1cccc2c(Cl)[nH]nc12. The first-order chi connectivity index (χ1) is 7.68. The van der Waals surface area contributed by atoms with E-state index in [2.05, 4.69) is 10.2 Å². The number of aliphatic carboxylic acids is 1. The van der Waals surface area contributed by atoms with Crippen LogP contribution < -0.4 is 0 Å². The van der Waals surface area contributed by atoms with E-state index in [1.807, 2.05) is 18.2 Å². The van der Waals surface area contributed by atoms with Crippen molar-refractivity contribution in [2.75, 3.05) is 0 Å². The summed E-state index contributed by atoms with van der Waals surface area (Å²) in [7, 11) is 0. The van der Waals surface area contributed by atoms with Crippen molar-refractivity contribution in [3.63, 3.8) is 0 Å². The van der Waals surface area contributed by atoms with E-state index in [4.69, 9.17) is 16.7 Å². The molecule has 2 rings (SSSR count). The number of para-hydroxylation sites is 1. The molecule has 84 valence electrons. The summed E-state index contributed by atoms with van der Waals surface area (Å²) in [6, 6.07) is 5.74. The lowest BCUT2D eigenvalue weighted by Crippen LogP contribution is -1.96. The summed E-state index contributed by atoms with van der Waals surface area (Å²) in [6.07, 6.45) is 1.48. The normalized spacial score (nSPS) is 10.8. The summed E-state index contributed by atoms with van der Waals surface area (Å²) >= 11 is 5.92. The van der Waals surface area contributed by atoms with Crippen LogP contribution in [-0.2, 0) is 11.2 Å². The molecule has 0 atom stereocenters. The van der Waals surface area contributed by atoms with Crippen LogP contribution in [0.5, 0.6) is 0 Å². The van der Waals surface area contributed by atoms with Crippen LogP contribution in [0.3, 0.4) is 0 Å². The maximum atomic E-state index is 10.4. The van der Waals surface area contributed by atoms with Crippen LogP contribution in [0.1, 0.15) is 18.4 Å². The third-order valence-corrected chi connectivity index (χ3v) is 2.75. The van der Waals surface area contributed by atoms with Gasteiger partial charge in [0.2, 0.25) is 0 Å². The Labute approximate surface area is 97.2 Å². The topological polar surface area (TPSA) is 66.0 Å². The number of rotatable bonds is 4. The van der Waals surface area contributed by atoms with Gasteiger partial charge in [0.25, 0.3) is 0 Å². The van der Waals surface area contributed by atoms with Crippen LogP contribution in [-0.4, -0.2) is 21.3 Å². The average Bonchev–Trinajstić information content (AvgIpc) is 2.61. The Hall–Kier alpha value is -1.55. The highest BCUT2D eigenvalue weighted by molar-refractivity contribution is 6.34. The van der Waals surface area contributed by atoms with Gasteiger partial charge in [-0.3, -0.25) is 9.89 Å². The minimum Gasteiger partial charge on any atom is -0.481 e. The van der Waals surface area contributed by atoms with Crippen LogP contribution >= 0.6 is 11.6 Å². The highest BCUT2D eigenvalue weighted by atomic mass is 35.5. The number of hydrogen-bond acceptors (Lipinski definition) is 2. The lowest BCUT2D eigenvalue weighted by Gasteiger charge is -2.00. The lowest BCUT2D eigenvalue weighted by molar-refractivity contribution is -0.137. The van der Waals surface area contributed by atoms with Gasteiger partial charge >= 0.3 is 5.97 Å². The van der Waals surface area contributed by atoms with Crippen LogP contribution in [0.4, 0.5) is 0 Å². The van der Waals surface area contributed by atoms with Gasteiger partial charge in [-0.1, -0.05) is 23.7 Å². The number of aromatic nitrogens is 2. The molecule has 0 spiro atoms. The third-order valence-electron chi connectivity index (χ3n) is 2.46. The van der Waals surface area contributed by atoms with E-state index in [1.54, 1.807) is 0 Å². The highest BCUT2D eigenvalue weighted by Crippen LogP contribution is 2.24. The minimum absolute atomic E-state index is 0.175. The Morgan fingerprint density at radius 1 is 1.50 bits per heavy atom. The highest BCUT2D eigenvalue weighted by Gasteiger charge is 2.07. The van der Waals surface area contributed by atoms with Gasteiger partial charge < -0.3 is 5.11 Å². The zero-order valence-corrected chi connectivity index (χ0v) is 9.29. The quantitative estimate of drug-likeness (QED) is 0.861. The van der Waals surface area contributed by atoms with Crippen LogP contribution in [0.2, 0.25) is 5.15 Å². The van der Waals surface area contributed by atoms with E-state index in [0.29, 0.717) is 18.0 Å². The van der Waals surface area contributed by atoms with E-state index in [0.717, 1.165) is 16.5 Å². The molecule has 0 unspecified atom stereocenters. The van der Waals surface area contributed by atoms with Crippen molar-refractivity contribution in [3.05, 3.63) is 28.9 Å². The van der Waals surface area contributed by atoms with Crippen molar-refractivity contribution < 1.29 is 9.90 Å². The number of nitrogens with one attached hydrogen (secondary N) is 1. The Kier molecular flexibility index (Phi) is 3.10. The average molecular weight is 239 g/mol. The van der Waals surface area contributed by atoms with Gasteiger partial charge in [0, 0.05) is 11.8 Å². The Balaban J connectivity index is 2.20. The Morgan fingerprint density at radius 2 is 2.31 bits per heavy atom. The molecule has 0 saturated heterocycles. The largest absolute Gasteiger partial charge is 0.481 e. The smallest absolute Gasteiger partial charge is 0.303 e. The maximum Gasteiger partial charge on any atom is 0.303 e. The number of carboxylic acids is 1. The number of carbonyl (C=O) groups is 1. The number of carboxylic acid groups (broad SMARTS) is 1. The van der Waals surface area contributed by atoms with Crippen molar-refractivity contribution in [2.24, 2.45) is 0 Å². The summed E-state index contributed by atoms with van der Waals surface area (Å²) < 4.78 is 0. The predicted octanol–water partition coefficient (Wildman–Crippen LogP) is 2.62. The van der Waals surface area contributed by atoms with Crippen LogP contribution in [0.25, 0.3) is 10.9 Å². The molecule has 0 amide bonds. The number of H-pyrrole nitrogens is 1. The Morgan fingerprint density at radius 3 is 3.06 bits per heavy atom. The molecular formula is C11H11ClN2O2. The molecule has 0 radical (unpaired) electrons. The fourth-order valence-corrected chi connectivity index (χ4v) is 1.89. The molecule has 0 bridgehead atoms. The van der Waals surface area contributed by atoms with Gasteiger partial charge in [-0.05, 0) is 24.5 Å². The second-order valence-corrected chi connectivity index (χ2v) is 3.98. The second kappa shape index (κ2) is 4.53. The third kappa shape index (κ3) is 2.17. The van der Waals surface area contributed by atoms with E-state index in [9.17, 15) is 4.79 Å². The summed E-state index contributed by atoms with van der Waals surface area (Å²) in [5.74, 6) is -0.771. The zero-order chi connectivity index (χ0) is 11.5. The van der Waals surface area contributed by atoms with Crippen molar-refractivity contribution in [1.29, 1.82) is 0 Å². The maximum absolute atomic E-state index is 10.4. The molecule has 5 heteroatoms. The number of halogens is 1. The Bertz CT molecular complexity index is 522. The molecule has 0 aliphatic carbocycles. The molecule has 1 aromatic carbocycles. The van der Waals surface area contributed by atoms with Crippen molar-refractivity contribution in [1.82, 2.24) is 10.2 Å². The first-order valence-corrected chi connectivity index (χ1v) is 5.39. The summed E-state index contributed by atoms with van der Waals surface area (Å²) in [4.78, 5) is 10.4. The number of benzene rings is 1. The van der Waals surface area contributed by atoms with Gasteiger partial charge in [0.1, 0.15) is 5.15 Å². The van der Waals surface area contributed by atoms with Crippen molar-refractivity contribution in [3.8, 4) is 0 Å². The molecule has 1 aromatic heterocycles. The van der Waals surface area contributed by atoms with Crippen molar-refractivity contribution >= 4 is 28.5 Å². The van der Waals surface area contributed by atoms with Gasteiger partial charge in [-0.2, -0.15) is 5.10 Å². The number of aromatic amines is 1. The van der Waals surface area contributed by atoms with E-state index < -0.39 is 5.97 Å². The monoisotopic (exact) mass is 238 g/mol. The van der Waals surface area contributed by atoms with E-state index in [-0.39, 0.29) is 6.42 Å². The fourth-order valence-electron chi connectivity index (χ4n) is 1.70. The number of nitrogens with zero attached hydrogens (tertiary/aromatic N) is 1. The van der Waals surface area contributed by atoms with Gasteiger partial charge in [-0.15, -0.1) is 0 Å². The summed E-state index contributed by atoms with van der Waals surface area (Å²) in [6.45, 7) is 0. The van der Waals surface area contributed by atoms with Crippen LogP contribution in [0.15, 0.2) is 18.2 Å².